The Morgan fingerprint density at radius 3 is 2.64 bits per heavy atom. The normalized spacial score (nSPS) is 11.7. The fraction of sp³-hybridized carbons (Fsp3) is 0.545. The minimum Gasteiger partial charge on any atom is -0.368 e. The number of hydrogen-bond acceptors (Lipinski definition) is 3. The van der Waals surface area contributed by atoms with E-state index < -0.39 is 5.60 Å². The number of carbonyl (C=O) groups is 1. The highest BCUT2D eigenvalue weighted by Gasteiger charge is 2.30. The van der Waals surface area contributed by atoms with Gasteiger partial charge in [0.05, 0.1) is 4.88 Å². The molecule has 3 heteroatoms. The number of hydrogen-bond donors (Lipinski definition) is 0. The van der Waals surface area contributed by atoms with Gasteiger partial charge in [-0.15, -0.1) is 11.3 Å². The Labute approximate surface area is 88.9 Å². The van der Waals surface area contributed by atoms with Gasteiger partial charge in [-0.2, -0.15) is 0 Å². The first-order valence-electron chi connectivity index (χ1n) is 4.72. The van der Waals surface area contributed by atoms with E-state index in [0.717, 1.165) is 10.4 Å². The molecule has 1 aromatic heterocycles. The molecule has 0 bridgehead atoms. The van der Waals surface area contributed by atoms with Crippen LogP contribution in [0.4, 0.5) is 0 Å². The van der Waals surface area contributed by atoms with Crippen LogP contribution in [0.5, 0.6) is 0 Å². The van der Waals surface area contributed by atoms with Crippen LogP contribution in [0.15, 0.2) is 11.4 Å². The molecule has 1 heterocycles. The zero-order valence-electron chi connectivity index (χ0n) is 9.09. The van der Waals surface area contributed by atoms with Gasteiger partial charge in [0.1, 0.15) is 5.60 Å². The van der Waals surface area contributed by atoms with Crippen molar-refractivity contribution in [2.45, 2.75) is 33.3 Å². The summed E-state index contributed by atoms with van der Waals surface area (Å²) in [5, 5.41) is 1.94. The lowest BCUT2D eigenvalue weighted by atomic mass is 10.0. The molecule has 0 spiro atoms. The molecular weight excluding hydrogens is 196 g/mol. The van der Waals surface area contributed by atoms with Gasteiger partial charge in [-0.1, -0.05) is 0 Å². The van der Waals surface area contributed by atoms with Crippen LogP contribution in [-0.2, 0) is 4.74 Å². The van der Waals surface area contributed by atoms with E-state index in [0.29, 0.717) is 6.61 Å². The zero-order chi connectivity index (χ0) is 10.8. The average Bonchev–Trinajstić information content (AvgIpc) is 2.50. The SMILES string of the molecule is CCOC(C)(C)C(=O)c1sccc1C. The highest BCUT2D eigenvalue weighted by atomic mass is 32.1. The van der Waals surface area contributed by atoms with E-state index in [9.17, 15) is 4.79 Å². The van der Waals surface area contributed by atoms with Crippen LogP contribution in [0.1, 0.15) is 36.0 Å². The summed E-state index contributed by atoms with van der Waals surface area (Å²) < 4.78 is 5.43. The predicted octanol–water partition coefficient (Wildman–Crippen LogP) is 3.05. The summed E-state index contributed by atoms with van der Waals surface area (Å²) in [5.74, 6) is 0.0758. The maximum Gasteiger partial charge on any atom is 0.204 e. The molecule has 0 saturated heterocycles. The van der Waals surface area contributed by atoms with Crippen LogP contribution >= 0.6 is 11.3 Å². The van der Waals surface area contributed by atoms with E-state index in [-0.39, 0.29) is 5.78 Å². The van der Waals surface area contributed by atoms with E-state index in [4.69, 9.17) is 4.74 Å². The van der Waals surface area contributed by atoms with Crippen molar-refractivity contribution in [1.82, 2.24) is 0 Å². The molecule has 0 aliphatic rings. The van der Waals surface area contributed by atoms with Crippen LogP contribution in [0, 0.1) is 6.92 Å². The van der Waals surface area contributed by atoms with Gasteiger partial charge in [-0.05, 0) is 44.7 Å². The number of thiophene rings is 1. The van der Waals surface area contributed by atoms with E-state index >= 15 is 0 Å². The summed E-state index contributed by atoms with van der Waals surface area (Å²) in [5.41, 5.74) is 0.331. The molecule has 0 unspecified atom stereocenters. The molecule has 0 atom stereocenters. The second-order valence-corrected chi connectivity index (χ2v) is 4.62. The van der Waals surface area contributed by atoms with Crippen molar-refractivity contribution in [3.63, 3.8) is 0 Å². The van der Waals surface area contributed by atoms with E-state index in [1.165, 1.54) is 11.3 Å². The molecule has 0 aromatic carbocycles. The van der Waals surface area contributed by atoms with Crippen molar-refractivity contribution in [3.8, 4) is 0 Å². The lowest BCUT2D eigenvalue weighted by Gasteiger charge is -2.22. The minimum atomic E-state index is -0.704. The predicted molar refractivity (Wildman–Crippen MR) is 59.1 cm³/mol. The van der Waals surface area contributed by atoms with Crippen molar-refractivity contribution in [1.29, 1.82) is 0 Å². The van der Waals surface area contributed by atoms with Crippen molar-refractivity contribution in [2.24, 2.45) is 0 Å². The maximum atomic E-state index is 12.0. The van der Waals surface area contributed by atoms with Crippen LogP contribution in [0.2, 0.25) is 0 Å². The van der Waals surface area contributed by atoms with E-state index in [1.807, 2.05) is 39.1 Å². The maximum absolute atomic E-state index is 12.0. The number of aryl methyl sites for hydroxylation is 1. The Kier molecular flexibility index (Phi) is 3.45. The lowest BCUT2D eigenvalue weighted by Crippen LogP contribution is -2.34. The van der Waals surface area contributed by atoms with Gasteiger partial charge in [0.15, 0.2) is 0 Å². The molecule has 1 aromatic rings. The number of carbonyl (C=O) groups excluding carboxylic acids is 1. The zero-order valence-corrected chi connectivity index (χ0v) is 9.90. The summed E-state index contributed by atoms with van der Waals surface area (Å²) >= 11 is 1.48. The van der Waals surface area contributed by atoms with Gasteiger partial charge >= 0.3 is 0 Å². The molecule has 78 valence electrons. The third-order valence-electron chi connectivity index (χ3n) is 2.12. The van der Waals surface area contributed by atoms with Crippen LogP contribution in [0.3, 0.4) is 0 Å². The molecule has 0 amide bonds. The number of Topliss-reactive ketones (excluding diaryl/α,β-unsaturated/α-hetero) is 1. The second-order valence-electron chi connectivity index (χ2n) is 3.71. The van der Waals surface area contributed by atoms with Crippen LogP contribution < -0.4 is 0 Å². The van der Waals surface area contributed by atoms with Crippen molar-refractivity contribution < 1.29 is 9.53 Å². The summed E-state index contributed by atoms with van der Waals surface area (Å²) in [6.45, 7) is 8.04. The lowest BCUT2D eigenvalue weighted by molar-refractivity contribution is 0.00154. The number of ether oxygens (including phenoxy) is 1. The molecule has 1 rings (SSSR count). The van der Waals surface area contributed by atoms with Crippen molar-refractivity contribution in [3.05, 3.63) is 21.9 Å². The molecule has 2 nitrogen and oxygen atoms in total. The Morgan fingerprint density at radius 1 is 1.57 bits per heavy atom. The van der Waals surface area contributed by atoms with Gasteiger partial charge in [-0.3, -0.25) is 4.79 Å². The highest BCUT2D eigenvalue weighted by Crippen LogP contribution is 2.23. The molecule has 0 N–H and O–H groups in total. The third-order valence-corrected chi connectivity index (χ3v) is 3.14. The Morgan fingerprint density at radius 2 is 2.21 bits per heavy atom. The highest BCUT2D eigenvalue weighted by molar-refractivity contribution is 7.12. The molecular formula is C11H16O2S. The molecule has 0 fully saturated rings. The quantitative estimate of drug-likeness (QED) is 0.717. The topological polar surface area (TPSA) is 26.3 Å². The average molecular weight is 212 g/mol. The fourth-order valence-corrected chi connectivity index (χ4v) is 2.32. The molecule has 0 aliphatic heterocycles. The molecule has 0 saturated carbocycles. The van der Waals surface area contributed by atoms with E-state index in [1.54, 1.807) is 0 Å². The Hall–Kier alpha value is -0.670. The molecule has 14 heavy (non-hydrogen) atoms. The summed E-state index contributed by atoms with van der Waals surface area (Å²) in [7, 11) is 0. The number of rotatable bonds is 4. The first-order valence-corrected chi connectivity index (χ1v) is 5.60. The van der Waals surface area contributed by atoms with Gasteiger partial charge < -0.3 is 4.74 Å². The van der Waals surface area contributed by atoms with Gasteiger partial charge in [0.2, 0.25) is 5.78 Å². The van der Waals surface area contributed by atoms with Gasteiger partial charge in [0.25, 0.3) is 0 Å². The summed E-state index contributed by atoms with van der Waals surface area (Å²) in [6, 6.07) is 1.96. The fourth-order valence-electron chi connectivity index (χ4n) is 1.31. The second kappa shape index (κ2) is 4.24. The first kappa shape index (κ1) is 11.4. The van der Waals surface area contributed by atoms with E-state index in [2.05, 4.69) is 0 Å². The van der Waals surface area contributed by atoms with Crippen molar-refractivity contribution in [2.75, 3.05) is 6.61 Å². The van der Waals surface area contributed by atoms with Crippen molar-refractivity contribution >= 4 is 17.1 Å². The Bertz CT molecular complexity index is 326. The monoisotopic (exact) mass is 212 g/mol. The standard InChI is InChI=1S/C11H16O2S/c1-5-13-11(3,4)10(12)9-8(2)6-7-14-9/h6-7H,5H2,1-4H3. The number of ketones is 1. The van der Waals surface area contributed by atoms with Crippen LogP contribution in [-0.4, -0.2) is 18.0 Å². The van der Waals surface area contributed by atoms with Crippen LogP contribution in [0.25, 0.3) is 0 Å². The van der Waals surface area contributed by atoms with Gasteiger partial charge in [-0.25, -0.2) is 0 Å². The van der Waals surface area contributed by atoms with Gasteiger partial charge in [0, 0.05) is 6.61 Å². The molecule has 0 aliphatic carbocycles. The smallest absolute Gasteiger partial charge is 0.204 e. The third kappa shape index (κ3) is 2.22. The first-order chi connectivity index (χ1) is 6.49. The minimum absolute atomic E-state index is 0.0758. The molecule has 0 radical (unpaired) electrons. The summed E-state index contributed by atoms with van der Waals surface area (Å²) in [6.07, 6.45) is 0. The Balaban J connectivity index is 2.90. The largest absolute Gasteiger partial charge is 0.368 e. The summed E-state index contributed by atoms with van der Waals surface area (Å²) in [4.78, 5) is 12.8.